The van der Waals surface area contributed by atoms with Gasteiger partial charge in [0.15, 0.2) is 0 Å². The van der Waals surface area contributed by atoms with Crippen molar-refractivity contribution in [2.75, 3.05) is 0 Å². The van der Waals surface area contributed by atoms with Crippen molar-refractivity contribution < 1.29 is 17.9 Å². The molecule has 1 unspecified atom stereocenters. The van der Waals surface area contributed by atoms with Crippen LogP contribution in [0.2, 0.25) is 0 Å². The molecule has 2 aromatic rings. The summed E-state index contributed by atoms with van der Waals surface area (Å²) in [6.07, 6.45) is -1.43. The molecule has 0 aromatic heterocycles. The number of rotatable bonds is 5. The lowest BCUT2D eigenvalue weighted by Gasteiger charge is -2.15. The van der Waals surface area contributed by atoms with Crippen molar-refractivity contribution >= 4 is 5.84 Å². The maximum atomic E-state index is 12.9. The molecule has 0 aliphatic carbocycles. The number of ether oxygens (including phenoxy) is 1. The zero-order valence-electron chi connectivity index (χ0n) is 15.0. The fourth-order valence-electron chi connectivity index (χ4n) is 3.26. The standard InChI is InChI=1S/C20H22F3N3O/c1-2-3-4-12-7-13(9-15(8-12)19(24)26-25)18-11-14-10-16(20(21,22)23)5-6-17(14)27-18/h5-10,18H,2-4,11,25H2,1H3,(H2,24,26). The highest BCUT2D eigenvalue weighted by Crippen LogP contribution is 2.40. The van der Waals surface area contributed by atoms with Crippen molar-refractivity contribution in [2.24, 2.45) is 16.7 Å². The number of fused-ring (bicyclic) bond motifs is 1. The van der Waals surface area contributed by atoms with Gasteiger partial charge in [0.2, 0.25) is 0 Å². The third-order valence-corrected chi connectivity index (χ3v) is 4.70. The van der Waals surface area contributed by atoms with E-state index in [0.717, 1.165) is 42.5 Å². The van der Waals surface area contributed by atoms with Crippen LogP contribution in [0.5, 0.6) is 5.75 Å². The SMILES string of the molecule is CCCCc1cc(/C(N)=N/N)cc(C2Cc3cc(C(F)(F)F)ccc3O2)c1. The molecule has 7 heteroatoms. The van der Waals surface area contributed by atoms with E-state index < -0.39 is 11.7 Å². The van der Waals surface area contributed by atoms with Crippen molar-refractivity contribution in [3.63, 3.8) is 0 Å². The summed E-state index contributed by atoms with van der Waals surface area (Å²) in [5.74, 6) is 6.00. The largest absolute Gasteiger partial charge is 0.485 e. The van der Waals surface area contributed by atoms with Crippen molar-refractivity contribution in [1.29, 1.82) is 0 Å². The van der Waals surface area contributed by atoms with Crippen LogP contribution >= 0.6 is 0 Å². The highest BCUT2D eigenvalue weighted by Gasteiger charge is 2.33. The normalized spacial score (nSPS) is 16.9. The molecule has 1 atom stereocenters. The Bertz CT molecular complexity index is 862. The second-order valence-corrected chi connectivity index (χ2v) is 6.71. The highest BCUT2D eigenvalue weighted by molar-refractivity contribution is 5.97. The minimum atomic E-state index is -4.37. The molecule has 0 saturated carbocycles. The Morgan fingerprint density at radius 2 is 2.00 bits per heavy atom. The lowest BCUT2D eigenvalue weighted by molar-refractivity contribution is -0.137. The van der Waals surface area contributed by atoms with Crippen molar-refractivity contribution in [3.05, 3.63) is 64.2 Å². The van der Waals surface area contributed by atoms with Crippen LogP contribution in [-0.4, -0.2) is 5.84 Å². The Labute approximate surface area is 156 Å². The van der Waals surface area contributed by atoms with Gasteiger partial charge < -0.3 is 16.3 Å². The summed E-state index contributed by atoms with van der Waals surface area (Å²) in [5, 5.41) is 3.55. The van der Waals surface area contributed by atoms with Crippen LogP contribution in [-0.2, 0) is 19.0 Å². The fourth-order valence-corrected chi connectivity index (χ4v) is 3.26. The summed E-state index contributed by atoms with van der Waals surface area (Å²) in [7, 11) is 0. The van der Waals surface area contributed by atoms with Crippen molar-refractivity contribution in [1.82, 2.24) is 0 Å². The van der Waals surface area contributed by atoms with E-state index in [1.54, 1.807) is 0 Å². The van der Waals surface area contributed by atoms with Crippen LogP contribution in [0, 0.1) is 0 Å². The first-order valence-corrected chi connectivity index (χ1v) is 8.86. The Hall–Kier alpha value is -2.70. The molecule has 144 valence electrons. The number of hydrazone groups is 1. The first-order chi connectivity index (χ1) is 12.8. The zero-order valence-corrected chi connectivity index (χ0v) is 15.0. The summed E-state index contributed by atoms with van der Waals surface area (Å²) < 4.78 is 44.8. The van der Waals surface area contributed by atoms with Crippen molar-refractivity contribution in [2.45, 2.75) is 44.9 Å². The van der Waals surface area contributed by atoms with Gasteiger partial charge in [-0.05, 0) is 59.9 Å². The summed E-state index contributed by atoms with van der Waals surface area (Å²) >= 11 is 0. The molecule has 0 saturated heterocycles. The first kappa shape index (κ1) is 19.1. The Morgan fingerprint density at radius 1 is 1.22 bits per heavy atom. The molecule has 0 spiro atoms. The third-order valence-electron chi connectivity index (χ3n) is 4.70. The van der Waals surface area contributed by atoms with Gasteiger partial charge >= 0.3 is 6.18 Å². The second-order valence-electron chi connectivity index (χ2n) is 6.71. The number of nitrogens with zero attached hydrogens (tertiary/aromatic N) is 1. The van der Waals surface area contributed by atoms with Gasteiger partial charge in [-0.2, -0.15) is 18.3 Å². The third kappa shape index (κ3) is 4.18. The fraction of sp³-hybridized carbons (Fsp3) is 0.350. The summed E-state index contributed by atoms with van der Waals surface area (Å²) in [5.41, 5.74) is 8.38. The van der Waals surface area contributed by atoms with Crippen LogP contribution in [0.4, 0.5) is 13.2 Å². The molecule has 1 heterocycles. The van der Waals surface area contributed by atoms with Crippen molar-refractivity contribution in [3.8, 4) is 5.75 Å². The van der Waals surface area contributed by atoms with E-state index in [1.165, 1.54) is 6.07 Å². The second kappa shape index (κ2) is 7.50. The Balaban J connectivity index is 1.91. The zero-order chi connectivity index (χ0) is 19.6. The Kier molecular flexibility index (Phi) is 5.30. The monoisotopic (exact) mass is 377 g/mol. The van der Waals surface area contributed by atoms with E-state index in [1.807, 2.05) is 18.2 Å². The molecule has 27 heavy (non-hydrogen) atoms. The lowest BCUT2D eigenvalue weighted by Crippen LogP contribution is -2.17. The number of halogens is 3. The van der Waals surface area contributed by atoms with E-state index in [0.29, 0.717) is 23.3 Å². The number of nitrogens with two attached hydrogens (primary N) is 2. The molecular formula is C20H22F3N3O. The molecule has 1 aliphatic heterocycles. The summed E-state index contributed by atoms with van der Waals surface area (Å²) in [4.78, 5) is 0. The Morgan fingerprint density at radius 3 is 2.67 bits per heavy atom. The van der Waals surface area contributed by atoms with Gasteiger partial charge in [0.25, 0.3) is 0 Å². The lowest BCUT2D eigenvalue weighted by atomic mass is 9.96. The minimum absolute atomic E-state index is 0.212. The molecule has 4 N–H and O–H groups in total. The number of unbranched alkanes of at least 4 members (excludes halogenated alkanes) is 1. The predicted molar refractivity (Wildman–Crippen MR) is 98.5 cm³/mol. The number of hydrogen-bond acceptors (Lipinski definition) is 3. The minimum Gasteiger partial charge on any atom is -0.485 e. The van der Waals surface area contributed by atoms with Crippen LogP contribution in [0.15, 0.2) is 41.5 Å². The predicted octanol–water partition coefficient (Wildman–Crippen LogP) is 4.30. The van der Waals surface area contributed by atoms with E-state index in [9.17, 15) is 13.2 Å². The molecule has 2 aromatic carbocycles. The molecule has 1 aliphatic rings. The maximum absolute atomic E-state index is 12.9. The molecule has 0 fully saturated rings. The highest BCUT2D eigenvalue weighted by atomic mass is 19.4. The van der Waals surface area contributed by atoms with Gasteiger partial charge in [0, 0.05) is 12.0 Å². The van der Waals surface area contributed by atoms with Gasteiger partial charge in [0.1, 0.15) is 17.7 Å². The van der Waals surface area contributed by atoms with Crippen LogP contribution < -0.4 is 16.3 Å². The van der Waals surface area contributed by atoms with Gasteiger partial charge in [0.05, 0.1) is 5.56 Å². The van der Waals surface area contributed by atoms with Gasteiger partial charge in [-0.25, -0.2) is 0 Å². The number of alkyl halides is 3. The van der Waals surface area contributed by atoms with E-state index in [2.05, 4.69) is 12.0 Å². The molecule has 4 nitrogen and oxygen atoms in total. The van der Waals surface area contributed by atoms with Crippen LogP contribution in [0.1, 0.15) is 53.7 Å². The molecular weight excluding hydrogens is 355 g/mol. The van der Waals surface area contributed by atoms with Gasteiger partial charge in [-0.15, -0.1) is 0 Å². The topological polar surface area (TPSA) is 73.6 Å². The number of amidine groups is 1. The summed E-state index contributed by atoms with van der Waals surface area (Å²) in [6, 6.07) is 9.38. The molecule has 0 amide bonds. The average Bonchev–Trinajstić information content (AvgIpc) is 3.08. The van der Waals surface area contributed by atoms with E-state index in [4.69, 9.17) is 16.3 Å². The van der Waals surface area contributed by atoms with Gasteiger partial charge in [-0.1, -0.05) is 19.4 Å². The van der Waals surface area contributed by atoms with Crippen LogP contribution in [0.25, 0.3) is 0 Å². The average molecular weight is 377 g/mol. The number of benzene rings is 2. The smallest absolute Gasteiger partial charge is 0.416 e. The molecule has 3 rings (SSSR count). The summed E-state index contributed by atoms with van der Waals surface area (Å²) in [6.45, 7) is 2.11. The van der Waals surface area contributed by atoms with E-state index in [-0.39, 0.29) is 11.9 Å². The molecule has 0 bridgehead atoms. The number of aryl methyl sites for hydroxylation is 1. The maximum Gasteiger partial charge on any atom is 0.416 e. The molecule has 0 radical (unpaired) electrons. The van der Waals surface area contributed by atoms with Gasteiger partial charge in [-0.3, -0.25) is 0 Å². The van der Waals surface area contributed by atoms with Crippen LogP contribution in [0.3, 0.4) is 0 Å². The first-order valence-electron chi connectivity index (χ1n) is 8.86. The van der Waals surface area contributed by atoms with E-state index >= 15 is 0 Å². The number of hydrogen-bond donors (Lipinski definition) is 2. The quantitative estimate of drug-likeness (QED) is 0.353.